The van der Waals surface area contributed by atoms with Crippen molar-refractivity contribution in [3.63, 3.8) is 0 Å². The molecule has 0 saturated heterocycles. The van der Waals surface area contributed by atoms with Crippen molar-refractivity contribution in [2.75, 3.05) is 6.54 Å². The van der Waals surface area contributed by atoms with Gasteiger partial charge in [-0.15, -0.1) is 0 Å². The molecule has 4 N–H and O–H groups in total. The summed E-state index contributed by atoms with van der Waals surface area (Å²) in [6.45, 7) is 0.720. The summed E-state index contributed by atoms with van der Waals surface area (Å²) < 4.78 is 0. The van der Waals surface area contributed by atoms with E-state index in [-0.39, 0.29) is 5.91 Å². The molecule has 1 saturated carbocycles. The SMILES string of the molecule is NC1CCC(CNC(=O)c2cn[nH]c2)C1. The smallest absolute Gasteiger partial charge is 0.254 e. The Kier molecular flexibility index (Phi) is 3.01. The van der Waals surface area contributed by atoms with E-state index in [1.807, 2.05) is 0 Å². The number of aromatic amines is 1. The molecule has 1 aliphatic rings. The Morgan fingerprint density at radius 2 is 2.53 bits per heavy atom. The Balaban J connectivity index is 1.76. The number of H-pyrrole nitrogens is 1. The molecule has 1 aromatic heterocycles. The molecule has 1 aromatic rings. The van der Waals surface area contributed by atoms with Gasteiger partial charge in [-0.25, -0.2) is 0 Å². The molecular weight excluding hydrogens is 192 g/mol. The van der Waals surface area contributed by atoms with Crippen molar-refractivity contribution in [2.45, 2.75) is 25.3 Å². The first-order valence-electron chi connectivity index (χ1n) is 5.28. The van der Waals surface area contributed by atoms with Crippen molar-refractivity contribution in [3.05, 3.63) is 18.0 Å². The number of hydrogen-bond acceptors (Lipinski definition) is 3. The predicted octanol–water partition coefficient (Wildman–Crippen LogP) is 0.267. The number of aromatic nitrogens is 2. The van der Waals surface area contributed by atoms with Crippen LogP contribution in [0.5, 0.6) is 0 Å². The Hall–Kier alpha value is -1.36. The minimum atomic E-state index is -0.0655. The van der Waals surface area contributed by atoms with Gasteiger partial charge in [0.15, 0.2) is 0 Å². The van der Waals surface area contributed by atoms with Crippen LogP contribution in [0.3, 0.4) is 0 Å². The Labute approximate surface area is 88.4 Å². The van der Waals surface area contributed by atoms with Gasteiger partial charge < -0.3 is 11.1 Å². The first kappa shape index (κ1) is 10.2. The quantitative estimate of drug-likeness (QED) is 0.666. The van der Waals surface area contributed by atoms with Gasteiger partial charge in [0.25, 0.3) is 5.91 Å². The lowest BCUT2D eigenvalue weighted by Crippen LogP contribution is -2.28. The zero-order valence-corrected chi connectivity index (χ0v) is 8.57. The third-order valence-corrected chi connectivity index (χ3v) is 2.89. The van der Waals surface area contributed by atoms with Crippen LogP contribution in [0.4, 0.5) is 0 Å². The molecule has 5 nitrogen and oxygen atoms in total. The second-order valence-electron chi connectivity index (χ2n) is 4.14. The molecule has 2 rings (SSSR count). The minimum absolute atomic E-state index is 0.0655. The van der Waals surface area contributed by atoms with E-state index < -0.39 is 0 Å². The molecule has 1 aliphatic carbocycles. The number of nitrogens with zero attached hydrogens (tertiary/aromatic N) is 1. The van der Waals surface area contributed by atoms with Gasteiger partial charge in [-0.3, -0.25) is 9.89 Å². The number of nitrogens with two attached hydrogens (primary N) is 1. The number of carbonyl (C=O) groups excluding carboxylic acids is 1. The zero-order valence-electron chi connectivity index (χ0n) is 8.57. The Bertz CT molecular complexity index is 322. The van der Waals surface area contributed by atoms with E-state index in [1.54, 1.807) is 6.20 Å². The van der Waals surface area contributed by atoms with E-state index >= 15 is 0 Å². The normalized spacial score (nSPS) is 25.4. The van der Waals surface area contributed by atoms with Crippen LogP contribution in [-0.2, 0) is 0 Å². The predicted molar refractivity (Wildman–Crippen MR) is 56.2 cm³/mol. The van der Waals surface area contributed by atoms with Gasteiger partial charge >= 0.3 is 0 Å². The maximum absolute atomic E-state index is 11.5. The van der Waals surface area contributed by atoms with Crippen molar-refractivity contribution in [1.29, 1.82) is 0 Å². The van der Waals surface area contributed by atoms with Crippen molar-refractivity contribution < 1.29 is 4.79 Å². The van der Waals surface area contributed by atoms with Crippen molar-refractivity contribution in [1.82, 2.24) is 15.5 Å². The Morgan fingerprint density at radius 1 is 1.67 bits per heavy atom. The van der Waals surface area contributed by atoms with Gasteiger partial charge in [0, 0.05) is 18.8 Å². The van der Waals surface area contributed by atoms with E-state index in [9.17, 15) is 4.79 Å². The third-order valence-electron chi connectivity index (χ3n) is 2.89. The van der Waals surface area contributed by atoms with Crippen LogP contribution in [0.15, 0.2) is 12.4 Å². The third kappa shape index (κ3) is 2.56. The Morgan fingerprint density at radius 3 is 3.13 bits per heavy atom. The highest BCUT2D eigenvalue weighted by Crippen LogP contribution is 2.23. The van der Waals surface area contributed by atoms with Crippen molar-refractivity contribution >= 4 is 5.91 Å². The maximum Gasteiger partial charge on any atom is 0.254 e. The van der Waals surface area contributed by atoms with Crippen LogP contribution in [0, 0.1) is 5.92 Å². The number of rotatable bonds is 3. The van der Waals surface area contributed by atoms with Gasteiger partial charge in [-0.05, 0) is 25.2 Å². The number of amides is 1. The van der Waals surface area contributed by atoms with E-state index in [1.165, 1.54) is 6.20 Å². The van der Waals surface area contributed by atoms with Gasteiger partial charge in [0.1, 0.15) is 0 Å². The lowest BCUT2D eigenvalue weighted by molar-refractivity contribution is 0.0947. The second kappa shape index (κ2) is 4.44. The molecule has 1 heterocycles. The molecule has 0 radical (unpaired) electrons. The topological polar surface area (TPSA) is 83.8 Å². The lowest BCUT2D eigenvalue weighted by Gasteiger charge is -2.09. The van der Waals surface area contributed by atoms with Crippen LogP contribution < -0.4 is 11.1 Å². The monoisotopic (exact) mass is 208 g/mol. The van der Waals surface area contributed by atoms with Crippen LogP contribution in [0.1, 0.15) is 29.6 Å². The summed E-state index contributed by atoms with van der Waals surface area (Å²) in [5.41, 5.74) is 6.38. The molecule has 2 atom stereocenters. The molecular formula is C10H16N4O. The van der Waals surface area contributed by atoms with Crippen LogP contribution in [0.25, 0.3) is 0 Å². The maximum atomic E-state index is 11.5. The molecule has 0 spiro atoms. The molecule has 2 unspecified atom stereocenters. The van der Waals surface area contributed by atoms with Crippen molar-refractivity contribution in [2.24, 2.45) is 11.7 Å². The highest BCUT2D eigenvalue weighted by atomic mass is 16.1. The van der Waals surface area contributed by atoms with E-state index in [4.69, 9.17) is 5.73 Å². The lowest BCUT2D eigenvalue weighted by atomic mass is 10.1. The van der Waals surface area contributed by atoms with Crippen LogP contribution in [0.2, 0.25) is 0 Å². The molecule has 82 valence electrons. The van der Waals surface area contributed by atoms with Gasteiger partial charge in [0.05, 0.1) is 11.8 Å². The second-order valence-corrected chi connectivity index (χ2v) is 4.14. The summed E-state index contributed by atoms with van der Waals surface area (Å²) in [6.07, 6.45) is 6.33. The first-order valence-corrected chi connectivity index (χ1v) is 5.28. The standard InChI is InChI=1S/C10H16N4O/c11-9-2-1-7(3-9)4-12-10(15)8-5-13-14-6-8/h5-7,9H,1-4,11H2,(H,12,15)(H,13,14). The number of nitrogens with one attached hydrogen (secondary N) is 2. The van der Waals surface area contributed by atoms with Gasteiger partial charge in [0.2, 0.25) is 0 Å². The summed E-state index contributed by atoms with van der Waals surface area (Å²) in [5, 5.41) is 9.24. The summed E-state index contributed by atoms with van der Waals surface area (Å²) in [4.78, 5) is 11.5. The molecule has 0 aliphatic heterocycles. The minimum Gasteiger partial charge on any atom is -0.352 e. The summed E-state index contributed by atoms with van der Waals surface area (Å²) in [7, 11) is 0. The molecule has 0 bridgehead atoms. The van der Waals surface area contributed by atoms with Crippen molar-refractivity contribution in [3.8, 4) is 0 Å². The molecule has 15 heavy (non-hydrogen) atoms. The fourth-order valence-electron chi connectivity index (χ4n) is 2.01. The molecule has 1 amide bonds. The molecule has 5 heteroatoms. The van der Waals surface area contributed by atoms with Crippen LogP contribution >= 0.6 is 0 Å². The van der Waals surface area contributed by atoms with E-state index in [0.717, 1.165) is 25.8 Å². The fourth-order valence-corrected chi connectivity index (χ4v) is 2.01. The number of hydrogen-bond donors (Lipinski definition) is 3. The fraction of sp³-hybridized carbons (Fsp3) is 0.600. The summed E-state index contributed by atoms with van der Waals surface area (Å²) in [5.74, 6) is 0.472. The average Bonchev–Trinajstić information content (AvgIpc) is 2.84. The average molecular weight is 208 g/mol. The van der Waals surface area contributed by atoms with Gasteiger partial charge in [-0.2, -0.15) is 5.10 Å². The first-order chi connectivity index (χ1) is 7.25. The highest BCUT2D eigenvalue weighted by Gasteiger charge is 2.22. The summed E-state index contributed by atoms with van der Waals surface area (Å²) in [6, 6.07) is 0.320. The molecule has 0 aromatic carbocycles. The molecule has 1 fully saturated rings. The zero-order chi connectivity index (χ0) is 10.7. The van der Waals surface area contributed by atoms with Gasteiger partial charge in [-0.1, -0.05) is 0 Å². The van der Waals surface area contributed by atoms with Crippen LogP contribution in [-0.4, -0.2) is 28.7 Å². The highest BCUT2D eigenvalue weighted by molar-refractivity contribution is 5.93. The number of carbonyl (C=O) groups is 1. The largest absolute Gasteiger partial charge is 0.352 e. The van der Waals surface area contributed by atoms with E-state index in [0.29, 0.717) is 17.5 Å². The summed E-state index contributed by atoms with van der Waals surface area (Å²) >= 11 is 0. The van der Waals surface area contributed by atoms with E-state index in [2.05, 4.69) is 15.5 Å².